The fraction of sp³-hybridized carbons (Fsp3) is 0.421. The Kier molecular flexibility index (Phi) is 6.33. The number of aryl methyl sites for hydroxylation is 1. The molecule has 2 aromatic rings. The highest BCUT2D eigenvalue weighted by Gasteiger charge is 2.15. The quantitative estimate of drug-likeness (QED) is 0.811. The van der Waals surface area contributed by atoms with Gasteiger partial charge in [0, 0.05) is 12.1 Å². The summed E-state index contributed by atoms with van der Waals surface area (Å²) in [5.74, 6) is 0.811. The predicted octanol–water partition coefficient (Wildman–Crippen LogP) is 3.61. The number of methoxy groups -OCH3 is 1. The molecule has 0 fully saturated rings. The molecule has 1 N–H and O–H groups in total. The molecule has 25 heavy (non-hydrogen) atoms. The van der Waals surface area contributed by atoms with Gasteiger partial charge in [-0.1, -0.05) is 0 Å². The largest absolute Gasteiger partial charge is 0.497 e. The minimum absolute atomic E-state index is 0.395. The van der Waals surface area contributed by atoms with Crippen molar-refractivity contribution in [3.05, 3.63) is 42.1 Å². The Hall–Kier alpha value is -2.63. The van der Waals surface area contributed by atoms with Crippen molar-refractivity contribution < 1.29 is 14.3 Å². The van der Waals surface area contributed by atoms with E-state index in [1.807, 2.05) is 57.2 Å². The lowest BCUT2D eigenvalue weighted by molar-refractivity contribution is 0.0527. The topological polar surface area (TPSA) is 73.3 Å². The van der Waals surface area contributed by atoms with Gasteiger partial charge in [0.25, 0.3) is 0 Å². The second kappa shape index (κ2) is 8.46. The summed E-state index contributed by atoms with van der Waals surface area (Å²) in [6.45, 7) is 6.06. The number of nitrogens with one attached hydrogen (secondary N) is 1. The van der Waals surface area contributed by atoms with Crippen molar-refractivity contribution in [2.45, 2.75) is 39.2 Å². The van der Waals surface area contributed by atoms with E-state index in [-0.39, 0.29) is 0 Å². The van der Waals surface area contributed by atoms with Crippen LogP contribution < -0.4 is 10.1 Å². The summed E-state index contributed by atoms with van der Waals surface area (Å²) in [5.41, 5.74) is 2.22. The van der Waals surface area contributed by atoms with Gasteiger partial charge >= 0.3 is 6.09 Å². The molecule has 6 heteroatoms. The zero-order chi connectivity index (χ0) is 18.3. The normalized spacial score (nSPS) is 11.0. The van der Waals surface area contributed by atoms with Gasteiger partial charge in [-0.25, -0.2) is 4.79 Å². The predicted molar refractivity (Wildman–Crippen MR) is 96.6 cm³/mol. The number of carbonyl (C=O) groups is 1. The van der Waals surface area contributed by atoms with E-state index < -0.39 is 11.7 Å². The van der Waals surface area contributed by atoms with E-state index in [4.69, 9.17) is 9.47 Å². The molecule has 0 unspecified atom stereocenters. The summed E-state index contributed by atoms with van der Waals surface area (Å²) >= 11 is 0. The summed E-state index contributed by atoms with van der Waals surface area (Å²) < 4.78 is 10.3. The number of hydrogen-bond acceptors (Lipinski definition) is 5. The van der Waals surface area contributed by atoms with Gasteiger partial charge in [0.1, 0.15) is 11.4 Å². The van der Waals surface area contributed by atoms with Crippen LogP contribution in [0.2, 0.25) is 0 Å². The van der Waals surface area contributed by atoms with E-state index in [1.54, 1.807) is 7.11 Å². The summed E-state index contributed by atoms with van der Waals surface area (Å²) in [4.78, 5) is 11.5. The van der Waals surface area contributed by atoms with Crippen LogP contribution in [0.25, 0.3) is 11.3 Å². The lowest BCUT2D eigenvalue weighted by Crippen LogP contribution is -2.33. The van der Waals surface area contributed by atoms with Crippen molar-refractivity contribution in [2.75, 3.05) is 13.7 Å². The Morgan fingerprint density at radius 2 is 1.80 bits per heavy atom. The number of nitrogens with zero attached hydrogens (tertiary/aromatic N) is 2. The number of amides is 1. The highest BCUT2D eigenvalue weighted by molar-refractivity contribution is 5.67. The van der Waals surface area contributed by atoms with Crippen LogP contribution in [0.4, 0.5) is 4.79 Å². The standard InChI is InChI=1S/C19H25N3O3/c1-19(2,3)25-18(23)20-13-5-6-15-9-12-17(22-21-15)14-7-10-16(24-4)11-8-14/h7-12H,5-6,13H2,1-4H3,(H,20,23). The lowest BCUT2D eigenvalue weighted by atomic mass is 10.1. The monoisotopic (exact) mass is 343 g/mol. The van der Waals surface area contributed by atoms with Crippen molar-refractivity contribution >= 4 is 6.09 Å². The maximum absolute atomic E-state index is 11.5. The third-order valence-electron chi connectivity index (χ3n) is 3.38. The third kappa shape index (κ3) is 6.41. The van der Waals surface area contributed by atoms with Crippen LogP contribution >= 0.6 is 0 Å². The number of benzene rings is 1. The molecule has 6 nitrogen and oxygen atoms in total. The van der Waals surface area contributed by atoms with Crippen molar-refractivity contribution in [2.24, 2.45) is 0 Å². The number of aromatic nitrogens is 2. The average Bonchev–Trinajstić information content (AvgIpc) is 2.58. The van der Waals surface area contributed by atoms with Crippen molar-refractivity contribution in [3.63, 3.8) is 0 Å². The van der Waals surface area contributed by atoms with Gasteiger partial charge in [0.2, 0.25) is 0 Å². The summed E-state index contributed by atoms with van der Waals surface area (Å²) in [6, 6.07) is 11.6. The second-order valence-electron chi connectivity index (χ2n) is 6.67. The van der Waals surface area contributed by atoms with Gasteiger partial charge in [-0.15, -0.1) is 0 Å². The SMILES string of the molecule is COc1ccc(-c2ccc(CCCNC(=O)OC(C)(C)C)nn2)cc1. The molecule has 2 rings (SSSR count). The maximum Gasteiger partial charge on any atom is 0.407 e. The highest BCUT2D eigenvalue weighted by Crippen LogP contribution is 2.20. The van der Waals surface area contributed by atoms with Gasteiger partial charge in [0.15, 0.2) is 0 Å². The zero-order valence-electron chi connectivity index (χ0n) is 15.2. The van der Waals surface area contributed by atoms with Gasteiger partial charge in [0.05, 0.1) is 18.5 Å². The van der Waals surface area contributed by atoms with E-state index in [0.717, 1.165) is 35.5 Å². The van der Waals surface area contributed by atoms with Crippen molar-refractivity contribution in [3.8, 4) is 17.0 Å². The number of carbonyl (C=O) groups excluding carboxylic acids is 1. The molecular formula is C19H25N3O3. The Labute approximate surface area is 148 Å². The second-order valence-corrected chi connectivity index (χ2v) is 6.67. The Bertz CT molecular complexity index is 677. The summed E-state index contributed by atoms with van der Waals surface area (Å²) in [6.07, 6.45) is 1.12. The fourth-order valence-corrected chi connectivity index (χ4v) is 2.18. The first-order chi connectivity index (χ1) is 11.9. The van der Waals surface area contributed by atoms with Crippen LogP contribution in [0.5, 0.6) is 5.75 Å². The first kappa shape index (κ1) is 18.7. The molecule has 0 radical (unpaired) electrons. The highest BCUT2D eigenvalue weighted by atomic mass is 16.6. The van der Waals surface area contributed by atoms with Crippen LogP contribution in [0.3, 0.4) is 0 Å². The molecule has 0 spiro atoms. The van der Waals surface area contributed by atoms with E-state index in [1.165, 1.54) is 0 Å². The minimum atomic E-state index is -0.479. The van der Waals surface area contributed by atoms with Crippen molar-refractivity contribution in [1.29, 1.82) is 0 Å². The minimum Gasteiger partial charge on any atom is -0.497 e. The third-order valence-corrected chi connectivity index (χ3v) is 3.38. The van der Waals surface area contributed by atoms with E-state index >= 15 is 0 Å². The molecule has 0 saturated heterocycles. The first-order valence-electron chi connectivity index (χ1n) is 8.31. The Morgan fingerprint density at radius 1 is 1.08 bits per heavy atom. The summed E-state index contributed by atoms with van der Waals surface area (Å²) in [7, 11) is 1.64. The van der Waals surface area contributed by atoms with Gasteiger partial charge in [-0.05, 0) is 70.0 Å². The van der Waals surface area contributed by atoms with E-state index in [0.29, 0.717) is 6.54 Å². The lowest BCUT2D eigenvalue weighted by Gasteiger charge is -2.19. The molecule has 0 aliphatic carbocycles. The number of hydrogen-bond donors (Lipinski definition) is 1. The molecule has 134 valence electrons. The molecular weight excluding hydrogens is 318 g/mol. The van der Waals surface area contributed by atoms with E-state index in [2.05, 4.69) is 15.5 Å². The number of ether oxygens (including phenoxy) is 2. The molecule has 0 bridgehead atoms. The fourth-order valence-electron chi connectivity index (χ4n) is 2.18. The van der Waals surface area contributed by atoms with Gasteiger partial charge in [-0.3, -0.25) is 0 Å². The zero-order valence-corrected chi connectivity index (χ0v) is 15.2. The smallest absolute Gasteiger partial charge is 0.407 e. The number of alkyl carbamates (subject to hydrolysis) is 1. The molecule has 0 aliphatic rings. The van der Waals surface area contributed by atoms with E-state index in [9.17, 15) is 4.79 Å². The molecule has 0 aliphatic heterocycles. The summed E-state index contributed by atoms with van der Waals surface area (Å²) in [5, 5.41) is 11.2. The number of rotatable bonds is 6. The maximum atomic E-state index is 11.5. The molecule has 1 heterocycles. The molecule has 1 aromatic carbocycles. The average molecular weight is 343 g/mol. The van der Waals surface area contributed by atoms with Crippen LogP contribution in [0.1, 0.15) is 32.9 Å². The Balaban J connectivity index is 1.79. The molecule has 1 amide bonds. The van der Waals surface area contributed by atoms with Crippen molar-refractivity contribution in [1.82, 2.24) is 15.5 Å². The Morgan fingerprint density at radius 3 is 2.36 bits per heavy atom. The molecule has 0 atom stereocenters. The van der Waals surface area contributed by atoms with Crippen LogP contribution in [-0.4, -0.2) is 35.5 Å². The molecule has 0 saturated carbocycles. The van der Waals surface area contributed by atoms with Gasteiger partial charge < -0.3 is 14.8 Å². The first-order valence-corrected chi connectivity index (χ1v) is 8.31. The van der Waals surface area contributed by atoms with Crippen LogP contribution in [0, 0.1) is 0 Å². The van der Waals surface area contributed by atoms with Gasteiger partial charge in [-0.2, -0.15) is 10.2 Å². The van der Waals surface area contributed by atoms with Crippen LogP contribution in [0.15, 0.2) is 36.4 Å². The van der Waals surface area contributed by atoms with Crippen LogP contribution in [-0.2, 0) is 11.2 Å². The molecule has 1 aromatic heterocycles.